The maximum atomic E-state index is 12.3. The second kappa shape index (κ2) is 5.79. The van der Waals surface area contributed by atoms with Gasteiger partial charge in [-0.15, -0.1) is 0 Å². The van der Waals surface area contributed by atoms with Crippen LogP contribution in [0.4, 0.5) is 0 Å². The van der Waals surface area contributed by atoms with Crippen LogP contribution < -0.4 is 10.5 Å². The normalized spacial score (nSPS) is 24.4. The molecule has 0 amide bonds. The lowest BCUT2D eigenvalue weighted by Crippen LogP contribution is -2.40. The second-order valence-electron chi connectivity index (χ2n) is 5.17. The van der Waals surface area contributed by atoms with Gasteiger partial charge in [-0.25, -0.2) is 13.1 Å². The van der Waals surface area contributed by atoms with Gasteiger partial charge in [0.1, 0.15) is 4.90 Å². The number of sulfonamides is 1. The minimum atomic E-state index is -3.55. The fraction of sp³-hybridized carbons (Fsp3) is 0.538. The van der Waals surface area contributed by atoms with E-state index in [9.17, 15) is 8.42 Å². The fourth-order valence-corrected chi connectivity index (χ4v) is 4.25. The highest BCUT2D eigenvalue weighted by atomic mass is 35.5. The van der Waals surface area contributed by atoms with Gasteiger partial charge in [-0.1, -0.05) is 17.7 Å². The maximum Gasteiger partial charge on any atom is 0.242 e. The molecule has 1 aliphatic rings. The van der Waals surface area contributed by atoms with E-state index in [0.717, 1.165) is 31.2 Å². The van der Waals surface area contributed by atoms with E-state index < -0.39 is 10.0 Å². The molecule has 1 aromatic carbocycles. The molecule has 1 aromatic rings. The number of hydrogen-bond acceptors (Lipinski definition) is 3. The zero-order chi connectivity index (χ0) is 14.0. The maximum absolute atomic E-state index is 12.3. The first-order valence-corrected chi connectivity index (χ1v) is 8.28. The highest BCUT2D eigenvalue weighted by Crippen LogP contribution is 2.24. The summed E-state index contributed by atoms with van der Waals surface area (Å²) in [5.41, 5.74) is 6.75. The quantitative estimate of drug-likeness (QED) is 0.899. The molecule has 106 valence electrons. The van der Waals surface area contributed by atoms with Crippen molar-refractivity contribution in [2.45, 2.75) is 49.6 Å². The summed E-state index contributed by atoms with van der Waals surface area (Å²) in [6, 6.07) is 5.12. The van der Waals surface area contributed by atoms with E-state index in [4.69, 9.17) is 17.3 Å². The van der Waals surface area contributed by atoms with Crippen molar-refractivity contribution in [3.05, 3.63) is 28.8 Å². The van der Waals surface area contributed by atoms with Gasteiger partial charge < -0.3 is 5.73 Å². The SMILES string of the molecule is Cc1ccc(S(=O)(=O)NC2CCC(N)CC2)c(Cl)c1. The van der Waals surface area contributed by atoms with Crippen LogP contribution in [0.3, 0.4) is 0 Å². The van der Waals surface area contributed by atoms with Gasteiger partial charge in [0.15, 0.2) is 0 Å². The molecule has 0 spiro atoms. The molecule has 2 rings (SSSR count). The number of halogens is 1. The minimum Gasteiger partial charge on any atom is -0.328 e. The molecule has 0 atom stereocenters. The van der Waals surface area contributed by atoms with E-state index in [2.05, 4.69) is 4.72 Å². The molecular formula is C13H19ClN2O2S. The van der Waals surface area contributed by atoms with Crippen LogP contribution >= 0.6 is 11.6 Å². The van der Waals surface area contributed by atoms with Crippen molar-refractivity contribution in [2.24, 2.45) is 5.73 Å². The van der Waals surface area contributed by atoms with Gasteiger partial charge >= 0.3 is 0 Å². The second-order valence-corrected chi connectivity index (χ2v) is 7.26. The Kier molecular flexibility index (Phi) is 4.50. The molecule has 4 nitrogen and oxygen atoms in total. The summed E-state index contributed by atoms with van der Waals surface area (Å²) in [6.45, 7) is 1.87. The molecule has 1 aliphatic carbocycles. The van der Waals surface area contributed by atoms with Crippen molar-refractivity contribution in [1.29, 1.82) is 0 Å². The molecular weight excluding hydrogens is 284 g/mol. The molecule has 0 heterocycles. The number of rotatable bonds is 3. The summed E-state index contributed by atoms with van der Waals surface area (Å²) < 4.78 is 27.3. The van der Waals surface area contributed by atoms with E-state index in [1.165, 1.54) is 0 Å². The van der Waals surface area contributed by atoms with Crippen LogP contribution in [-0.4, -0.2) is 20.5 Å². The Labute approximate surface area is 119 Å². The van der Waals surface area contributed by atoms with Gasteiger partial charge in [-0.05, 0) is 50.3 Å². The standard InChI is InChI=1S/C13H19ClN2O2S/c1-9-2-7-13(12(14)8-9)19(17,18)16-11-5-3-10(15)4-6-11/h2,7-8,10-11,16H,3-6,15H2,1H3. The fourth-order valence-electron chi connectivity index (χ4n) is 2.34. The Morgan fingerprint density at radius 3 is 2.47 bits per heavy atom. The van der Waals surface area contributed by atoms with Crippen molar-refractivity contribution >= 4 is 21.6 Å². The number of nitrogens with one attached hydrogen (secondary N) is 1. The molecule has 1 fully saturated rings. The van der Waals surface area contributed by atoms with Crippen LogP contribution in [0, 0.1) is 6.92 Å². The van der Waals surface area contributed by atoms with Crippen LogP contribution in [-0.2, 0) is 10.0 Å². The Morgan fingerprint density at radius 2 is 1.89 bits per heavy atom. The van der Waals surface area contributed by atoms with Crippen molar-refractivity contribution in [3.8, 4) is 0 Å². The lowest BCUT2D eigenvalue weighted by Gasteiger charge is -2.26. The number of nitrogens with two attached hydrogens (primary N) is 1. The summed E-state index contributed by atoms with van der Waals surface area (Å²) in [4.78, 5) is 0.148. The van der Waals surface area contributed by atoms with Gasteiger partial charge in [0.25, 0.3) is 0 Å². The summed E-state index contributed by atoms with van der Waals surface area (Å²) in [7, 11) is -3.55. The zero-order valence-corrected chi connectivity index (χ0v) is 12.5. The first-order valence-electron chi connectivity index (χ1n) is 6.42. The van der Waals surface area contributed by atoms with Gasteiger partial charge in [-0.3, -0.25) is 0 Å². The van der Waals surface area contributed by atoms with Crippen LogP contribution in [0.1, 0.15) is 31.2 Å². The Hall–Kier alpha value is -0.620. The van der Waals surface area contributed by atoms with Crippen LogP contribution in [0.2, 0.25) is 5.02 Å². The third kappa shape index (κ3) is 3.69. The Balaban J connectivity index is 2.14. The smallest absolute Gasteiger partial charge is 0.242 e. The molecule has 3 N–H and O–H groups in total. The van der Waals surface area contributed by atoms with E-state index >= 15 is 0 Å². The van der Waals surface area contributed by atoms with E-state index in [1.54, 1.807) is 18.2 Å². The minimum absolute atomic E-state index is 0.0397. The molecule has 0 saturated heterocycles. The van der Waals surface area contributed by atoms with Crippen LogP contribution in [0.15, 0.2) is 23.1 Å². The van der Waals surface area contributed by atoms with Gasteiger partial charge in [0.2, 0.25) is 10.0 Å². The molecule has 0 bridgehead atoms. The molecule has 19 heavy (non-hydrogen) atoms. The largest absolute Gasteiger partial charge is 0.328 e. The van der Waals surface area contributed by atoms with Crippen molar-refractivity contribution in [2.75, 3.05) is 0 Å². The first kappa shape index (κ1) is 14.8. The average molecular weight is 303 g/mol. The van der Waals surface area contributed by atoms with E-state index in [-0.39, 0.29) is 22.0 Å². The Bertz CT molecular complexity index is 552. The zero-order valence-electron chi connectivity index (χ0n) is 10.9. The molecule has 6 heteroatoms. The highest BCUT2D eigenvalue weighted by Gasteiger charge is 2.25. The van der Waals surface area contributed by atoms with Crippen molar-refractivity contribution in [3.63, 3.8) is 0 Å². The average Bonchev–Trinajstić information content (AvgIpc) is 2.31. The topological polar surface area (TPSA) is 72.2 Å². The molecule has 0 radical (unpaired) electrons. The summed E-state index contributed by atoms with van der Waals surface area (Å²) in [5, 5.41) is 0.264. The highest BCUT2D eigenvalue weighted by molar-refractivity contribution is 7.89. The summed E-state index contributed by atoms with van der Waals surface area (Å²) in [5.74, 6) is 0. The van der Waals surface area contributed by atoms with Crippen molar-refractivity contribution in [1.82, 2.24) is 4.72 Å². The van der Waals surface area contributed by atoms with Gasteiger partial charge in [0, 0.05) is 12.1 Å². The lowest BCUT2D eigenvalue weighted by molar-refractivity contribution is 0.373. The number of aryl methyl sites for hydroxylation is 1. The van der Waals surface area contributed by atoms with E-state index in [1.807, 2.05) is 6.92 Å². The number of benzene rings is 1. The summed E-state index contributed by atoms with van der Waals surface area (Å²) in [6.07, 6.45) is 3.28. The third-order valence-corrected chi connectivity index (χ3v) is 5.47. The van der Waals surface area contributed by atoms with Crippen LogP contribution in [0.5, 0.6) is 0 Å². The Morgan fingerprint density at radius 1 is 1.26 bits per heavy atom. The monoisotopic (exact) mass is 302 g/mol. The lowest BCUT2D eigenvalue weighted by atomic mass is 9.93. The molecule has 0 unspecified atom stereocenters. The molecule has 0 aliphatic heterocycles. The van der Waals surface area contributed by atoms with Gasteiger partial charge in [0.05, 0.1) is 5.02 Å². The number of hydrogen-bond donors (Lipinski definition) is 2. The van der Waals surface area contributed by atoms with E-state index in [0.29, 0.717) is 0 Å². The first-order chi connectivity index (χ1) is 8.88. The molecule has 1 saturated carbocycles. The predicted molar refractivity (Wildman–Crippen MR) is 76.7 cm³/mol. The predicted octanol–water partition coefficient (Wildman–Crippen LogP) is 2.20. The van der Waals surface area contributed by atoms with Crippen molar-refractivity contribution < 1.29 is 8.42 Å². The molecule has 0 aromatic heterocycles. The van der Waals surface area contributed by atoms with Crippen LogP contribution in [0.25, 0.3) is 0 Å². The van der Waals surface area contributed by atoms with Gasteiger partial charge in [-0.2, -0.15) is 0 Å². The third-order valence-electron chi connectivity index (χ3n) is 3.47. The summed E-state index contributed by atoms with van der Waals surface area (Å²) >= 11 is 6.02.